The fourth-order valence-electron chi connectivity index (χ4n) is 2.75. The van der Waals surface area contributed by atoms with Crippen molar-refractivity contribution in [3.8, 4) is 0 Å². The Kier molecular flexibility index (Phi) is 5.16. The van der Waals surface area contributed by atoms with Crippen molar-refractivity contribution in [2.45, 2.75) is 17.9 Å². The monoisotopic (exact) mass is 402 g/mol. The van der Waals surface area contributed by atoms with Gasteiger partial charge in [0.05, 0.1) is 22.1 Å². The van der Waals surface area contributed by atoms with Gasteiger partial charge in [-0.2, -0.15) is 0 Å². The van der Waals surface area contributed by atoms with Crippen LogP contribution < -0.4 is 20.7 Å². The Morgan fingerprint density at radius 2 is 1.64 bits per heavy atom. The third kappa shape index (κ3) is 3.87. The van der Waals surface area contributed by atoms with Gasteiger partial charge in [0, 0.05) is 5.69 Å². The predicted octanol–water partition coefficient (Wildman–Crippen LogP) is 1.36. The molecule has 2 aromatic rings. The molecule has 0 saturated heterocycles. The molecule has 0 saturated carbocycles. The van der Waals surface area contributed by atoms with Crippen molar-refractivity contribution in [2.24, 2.45) is 0 Å². The molecule has 3 rings (SSSR count). The average molecular weight is 402 g/mol. The van der Waals surface area contributed by atoms with Crippen LogP contribution in [-0.4, -0.2) is 33.3 Å². The number of anilines is 1. The minimum atomic E-state index is -3.52. The molecule has 28 heavy (non-hydrogen) atoms. The number of urea groups is 1. The number of nitrogens with one attached hydrogen (secondary N) is 4. The van der Waals surface area contributed by atoms with Crippen molar-refractivity contribution >= 4 is 33.6 Å². The third-order valence-corrected chi connectivity index (χ3v) is 5.73. The summed E-state index contributed by atoms with van der Waals surface area (Å²) in [6.45, 7) is 1.75. The van der Waals surface area contributed by atoms with E-state index in [9.17, 15) is 22.8 Å². The molecule has 4 amide bonds. The number of amides is 4. The maximum Gasteiger partial charge on any atom is 0.319 e. The number of imide groups is 1. The molecular weight excluding hydrogens is 384 g/mol. The van der Waals surface area contributed by atoms with E-state index in [-0.39, 0.29) is 16.0 Å². The van der Waals surface area contributed by atoms with Crippen LogP contribution >= 0.6 is 0 Å². The first-order valence-electron chi connectivity index (χ1n) is 8.32. The Labute approximate surface area is 161 Å². The number of rotatable bonds is 5. The van der Waals surface area contributed by atoms with Crippen LogP contribution in [0.2, 0.25) is 0 Å². The van der Waals surface area contributed by atoms with Gasteiger partial charge >= 0.3 is 6.03 Å². The summed E-state index contributed by atoms with van der Waals surface area (Å²) in [7, 11) is -2.19. The summed E-state index contributed by atoms with van der Waals surface area (Å²) >= 11 is 0. The molecule has 0 bridgehead atoms. The van der Waals surface area contributed by atoms with Crippen LogP contribution in [0.25, 0.3) is 0 Å². The molecule has 0 aromatic heterocycles. The van der Waals surface area contributed by atoms with Gasteiger partial charge in [-0.1, -0.05) is 12.1 Å². The van der Waals surface area contributed by atoms with E-state index in [4.69, 9.17) is 0 Å². The first kappa shape index (κ1) is 19.5. The lowest BCUT2D eigenvalue weighted by atomic mass is 10.1. The highest BCUT2D eigenvalue weighted by molar-refractivity contribution is 7.89. The summed E-state index contributed by atoms with van der Waals surface area (Å²) in [4.78, 5) is 35.6. The van der Waals surface area contributed by atoms with E-state index < -0.39 is 33.9 Å². The lowest BCUT2D eigenvalue weighted by Gasteiger charge is -2.16. The lowest BCUT2D eigenvalue weighted by molar-refractivity contribution is 0.0879. The Hall–Kier alpha value is -3.24. The molecule has 1 aliphatic rings. The van der Waals surface area contributed by atoms with Crippen molar-refractivity contribution < 1.29 is 22.8 Å². The highest BCUT2D eigenvalue weighted by Gasteiger charge is 2.26. The second-order valence-electron chi connectivity index (χ2n) is 6.14. The maximum absolute atomic E-state index is 12.2. The van der Waals surface area contributed by atoms with E-state index in [0.29, 0.717) is 11.3 Å². The molecule has 4 N–H and O–H groups in total. The summed E-state index contributed by atoms with van der Waals surface area (Å²) < 4.78 is 25.7. The SMILES string of the molecule is CNS(=O)(=O)c1ccc(C(C)NC(=O)Nc2ccc3c(c2)C(=O)NC3=O)cc1. The van der Waals surface area contributed by atoms with Gasteiger partial charge in [0.1, 0.15) is 0 Å². The molecule has 9 nitrogen and oxygen atoms in total. The predicted molar refractivity (Wildman–Crippen MR) is 101 cm³/mol. The van der Waals surface area contributed by atoms with Crippen LogP contribution in [0.4, 0.5) is 10.5 Å². The van der Waals surface area contributed by atoms with Gasteiger partial charge in [-0.05, 0) is 49.9 Å². The standard InChI is InChI=1S/C18H18N4O5S/c1-10(11-3-6-13(7-4-11)28(26,27)19-2)20-18(25)21-12-5-8-14-15(9-12)17(24)22-16(14)23/h3-10,19H,1-2H3,(H2,20,21,25)(H,22,23,24). The van der Waals surface area contributed by atoms with E-state index >= 15 is 0 Å². The molecule has 0 aliphatic carbocycles. The zero-order valence-corrected chi connectivity index (χ0v) is 15.9. The number of hydrogen-bond acceptors (Lipinski definition) is 5. The Morgan fingerprint density at radius 1 is 1.00 bits per heavy atom. The molecule has 1 heterocycles. The van der Waals surface area contributed by atoms with Crippen molar-refractivity contribution in [3.05, 3.63) is 59.2 Å². The molecule has 1 aliphatic heterocycles. The van der Waals surface area contributed by atoms with Gasteiger partial charge < -0.3 is 10.6 Å². The molecule has 10 heteroatoms. The molecule has 1 unspecified atom stereocenters. The average Bonchev–Trinajstić information content (AvgIpc) is 2.95. The van der Waals surface area contributed by atoms with Crippen molar-refractivity contribution in [1.82, 2.24) is 15.4 Å². The second kappa shape index (κ2) is 7.41. The summed E-state index contributed by atoms with van der Waals surface area (Å²) in [6.07, 6.45) is 0. The third-order valence-electron chi connectivity index (χ3n) is 4.30. The highest BCUT2D eigenvalue weighted by Crippen LogP contribution is 2.21. The molecule has 146 valence electrons. The highest BCUT2D eigenvalue weighted by atomic mass is 32.2. The van der Waals surface area contributed by atoms with E-state index in [2.05, 4.69) is 20.7 Å². The number of benzene rings is 2. The number of sulfonamides is 1. The number of carbonyl (C=O) groups excluding carboxylic acids is 3. The lowest BCUT2D eigenvalue weighted by Crippen LogP contribution is -2.31. The van der Waals surface area contributed by atoms with Gasteiger partial charge in [-0.25, -0.2) is 17.9 Å². The summed E-state index contributed by atoms with van der Waals surface area (Å²) in [5.41, 5.74) is 1.55. The van der Waals surface area contributed by atoms with E-state index in [1.54, 1.807) is 19.1 Å². The van der Waals surface area contributed by atoms with Crippen LogP contribution in [0.15, 0.2) is 47.4 Å². The molecular formula is C18H18N4O5S. The van der Waals surface area contributed by atoms with Crippen LogP contribution in [0.1, 0.15) is 39.2 Å². The Balaban J connectivity index is 1.66. The van der Waals surface area contributed by atoms with Crippen molar-refractivity contribution in [1.29, 1.82) is 0 Å². The first-order chi connectivity index (χ1) is 13.2. The quantitative estimate of drug-likeness (QED) is 0.561. The fourth-order valence-corrected chi connectivity index (χ4v) is 3.48. The number of hydrogen-bond donors (Lipinski definition) is 4. The summed E-state index contributed by atoms with van der Waals surface area (Å²) in [5, 5.41) is 7.51. The van der Waals surface area contributed by atoms with E-state index in [1.807, 2.05) is 0 Å². The minimum absolute atomic E-state index is 0.126. The van der Waals surface area contributed by atoms with Crippen LogP contribution in [0.5, 0.6) is 0 Å². The topological polar surface area (TPSA) is 133 Å². The molecule has 0 fully saturated rings. The van der Waals surface area contributed by atoms with Gasteiger partial charge in [-0.15, -0.1) is 0 Å². The van der Waals surface area contributed by atoms with E-state index in [0.717, 1.165) is 0 Å². The number of fused-ring (bicyclic) bond motifs is 1. The zero-order chi connectivity index (χ0) is 20.5. The van der Waals surface area contributed by atoms with Gasteiger partial charge in [0.15, 0.2) is 0 Å². The number of carbonyl (C=O) groups is 3. The molecule has 2 aromatic carbocycles. The van der Waals surface area contributed by atoms with Gasteiger partial charge in [0.2, 0.25) is 10.0 Å². The fraction of sp³-hybridized carbons (Fsp3) is 0.167. The minimum Gasteiger partial charge on any atom is -0.331 e. The maximum atomic E-state index is 12.2. The Bertz CT molecular complexity index is 1060. The van der Waals surface area contributed by atoms with Crippen LogP contribution in [0, 0.1) is 0 Å². The normalized spacial score (nSPS) is 14.2. The van der Waals surface area contributed by atoms with Gasteiger partial charge in [-0.3, -0.25) is 14.9 Å². The molecule has 0 spiro atoms. The largest absolute Gasteiger partial charge is 0.331 e. The second-order valence-corrected chi connectivity index (χ2v) is 8.03. The first-order valence-corrected chi connectivity index (χ1v) is 9.80. The summed E-state index contributed by atoms with van der Waals surface area (Å²) in [6, 6.07) is 9.64. The van der Waals surface area contributed by atoms with Crippen molar-refractivity contribution in [2.75, 3.05) is 12.4 Å². The van der Waals surface area contributed by atoms with Gasteiger partial charge in [0.25, 0.3) is 11.8 Å². The smallest absolute Gasteiger partial charge is 0.319 e. The molecule has 0 radical (unpaired) electrons. The Morgan fingerprint density at radius 3 is 2.29 bits per heavy atom. The molecule has 1 atom stereocenters. The van der Waals surface area contributed by atoms with E-state index in [1.165, 1.54) is 37.4 Å². The van der Waals surface area contributed by atoms with Crippen molar-refractivity contribution in [3.63, 3.8) is 0 Å². The van der Waals surface area contributed by atoms with Crippen LogP contribution in [0.3, 0.4) is 0 Å². The van der Waals surface area contributed by atoms with Crippen LogP contribution in [-0.2, 0) is 10.0 Å². The zero-order valence-electron chi connectivity index (χ0n) is 15.1. The summed E-state index contributed by atoms with van der Waals surface area (Å²) in [5.74, 6) is -0.970.